The summed E-state index contributed by atoms with van der Waals surface area (Å²) in [5.41, 5.74) is 7.00. The fraction of sp³-hybridized carbons (Fsp3) is 0.0833. The number of aromatic nitrogens is 2. The van der Waals surface area contributed by atoms with Crippen LogP contribution in [0.3, 0.4) is 0 Å². The van der Waals surface area contributed by atoms with E-state index < -0.39 is 0 Å². The van der Waals surface area contributed by atoms with Crippen LogP contribution in [-0.2, 0) is 6.61 Å². The smallest absolute Gasteiger partial charge is 0.243 e. The molecular formula is C12H11N3OS. The lowest BCUT2D eigenvalue weighted by Gasteiger charge is -2.07. The SMILES string of the molecule is NC(=S)c1nccnc1OCc1ccccc1. The van der Waals surface area contributed by atoms with Crippen molar-refractivity contribution in [2.24, 2.45) is 5.73 Å². The molecule has 4 nitrogen and oxygen atoms in total. The van der Waals surface area contributed by atoms with Crippen LogP contribution in [-0.4, -0.2) is 15.0 Å². The second-order valence-corrected chi connectivity index (χ2v) is 3.79. The van der Waals surface area contributed by atoms with Crippen molar-refractivity contribution in [2.45, 2.75) is 6.61 Å². The normalized spacial score (nSPS) is 9.88. The average Bonchev–Trinajstić information content (AvgIpc) is 2.38. The van der Waals surface area contributed by atoms with Crippen molar-refractivity contribution in [3.8, 4) is 5.88 Å². The fourth-order valence-electron chi connectivity index (χ4n) is 1.33. The lowest BCUT2D eigenvalue weighted by molar-refractivity contribution is 0.292. The summed E-state index contributed by atoms with van der Waals surface area (Å²) in [5, 5.41) is 0. The number of nitrogens with two attached hydrogens (primary N) is 1. The van der Waals surface area contributed by atoms with Crippen molar-refractivity contribution in [2.75, 3.05) is 0 Å². The van der Waals surface area contributed by atoms with E-state index in [1.165, 1.54) is 6.20 Å². The van der Waals surface area contributed by atoms with Crippen LogP contribution in [0.1, 0.15) is 11.3 Å². The lowest BCUT2D eigenvalue weighted by Crippen LogP contribution is -2.14. The molecule has 0 fully saturated rings. The van der Waals surface area contributed by atoms with E-state index in [4.69, 9.17) is 22.7 Å². The Labute approximate surface area is 104 Å². The van der Waals surface area contributed by atoms with E-state index >= 15 is 0 Å². The largest absolute Gasteiger partial charge is 0.471 e. The Morgan fingerprint density at radius 3 is 2.59 bits per heavy atom. The molecule has 17 heavy (non-hydrogen) atoms. The van der Waals surface area contributed by atoms with Gasteiger partial charge in [-0.05, 0) is 5.56 Å². The Morgan fingerprint density at radius 2 is 1.88 bits per heavy atom. The molecule has 2 rings (SSSR count). The number of benzene rings is 1. The molecule has 0 amide bonds. The first-order chi connectivity index (χ1) is 8.27. The molecule has 0 aliphatic rings. The predicted octanol–water partition coefficient (Wildman–Crippen LogP) is 1.69. The van der Waals surface area contributed by atoms with Crippen molar-refractivity contribution < 1.29 is 4.74 Å². The molecule has 1 aromatic heterocycles. The minimum atomic E-state index is 0.182. The molecule has 2 N–H and O–H groups in total. The Bertz CT molecular complexity index is 516. The summed E-state index contributed by atoms with van der Waals surface area (Å²) in [7, 11) is 0. The maximum Gasteiger partial charge on any atom is 0.243 e. The van der Waals surface area contributed by atoms with Gasteiger partial charge in [-0.2, -0.15) is 0 Å². The first kappa shape index (κ1) is 11.5. The van der Waals surface area contributed by atoms with Crippen LogP contribution >= 0.6 is 12.2 Å². The van der Waals surface area contributed by atoms with Gasteiger partial charge < -0.3 is 10.5 Å². The summed E-state index contributed by atoms with van der Waals surface area (Å²) in [6.45, 7) is 0.412. The molecule has 1 heterocycles. The second kappa shape index (κ2) is 5.36. The highest BCUT2D eigenvalue weighted by molar-refractivity contribution is 7.80. The van der Waals surface area contributed by atoms with Crippen LogP contribution in [0.2, 0.25) is 0 Å². The maximum atomic E-state index is 5.54. The Kier molecular flexibility index (Phi) is 3.62. The van der Waals surface area contributed by atoms with Gasteiger partial charge in [-0.3, -0.25) is 0 Å². The summed E-state index contributed by atoms with van der Waals surface area (Å²) >= 11 is 4.88. The molecule has 0 radical (unpaired) electrons. The molecule has 0 spiro atoms. The van der Waals surface area contributed by atoms with E-state index in [-0.39, 0.29) is 4.99 Å². The third-order valence-corrected chi connectivity index (χ3v) is 2.31. The van der Waals surface area contributed by atoms with Crippen LogP contribution in [0.15, 0.2) is 42.7 Å². The molecular weight excluding hydrogens is 234 g/mol. The standard InChI is InChI=1S/C12H11N3OS/c13-11(17)10-12(15-7-6-14-10)16-8-9-4-2-1-3-5-9/h1-7H,8H2,(H2,13,17). The quantitative estimate of drug-likeness (QED) is 0.831. The van der Waals surface area contributed by atoms with Crippen LogP contribution in [0, 0.1) is 0 Å². The van der Waals surface area contributed by atoms with Crippen LogP contribution in [0.5, 0.6) is 5.88 Å². The topological polar surface area (TPSA) is 61.0 Å². The van der Waals surface area contributed by atoms with Crippen LogP contribution < -0.4 is 10.5 Å². The van der Waals surface area contributed by atoms with Gasteiger partial charge in [-0.1, -0.05) is 42.5 Å². The van der Waals surface area contributed by atoms with Gasteiger partial charge in [0.15, 0.2) is 5.69 Å². The Morgan fingerprint density at radius 1 is 1.18 bits per heavy atom. The van der Waals surface area contributed by atoms with E-state index in [2.05, 4.69) is 9.97 Å². The van der Waals surface area contributed by atoms with Gasteiger partial charge in [0.2, 0.25) is 5.88 Å². The van der Waals surface area contributed by atoms with E-state index in [0.717, 1.165) is 5.56 Å². The van der Waals surface area contributed by atoms with Gasteiger partial charge in [0.1, 0.15) is 11.6 Å². The van der Waals surface area contributed by atoms with Crippen molar-refractivity contribution in [3.05, 3.63) is 54.0 Å². The number of ether oxygens (including phenoxy) is 1. The van der Waals surface area contributed by atoms with Crippen molar-refractivity contribution in [1.82, 2.24) is 9.97 Å². The molecule has 5 heteroatoms. The summed E-state index contributed by atoms with van der Waals surface area (Å²) in [5.74, 6) is 0.365. The molecule has 0 saturated heterocycles. The van der Waals surface area contributed by atoms with Crippen LogP contribution in [0.25, 0.3) is 0 Å². The predicted molar refractivity (Wildman–Crippen MR) is 68.7 cm³/mol. The lowest BCUT2D eigenvalue weighted by atomic mass is 10.2. The Balaban J connectivity index is 2.12. The molecule has 0 aliphatic heterocycles. The summed E-state index contributed by atoms with van der Waals surface area (Å²) in [4.78, 5) is 8.28. The molecule has 86 valence electrons. The van der Waals surface area contributed by atoms with E-state index in [0.29, 0.717) is 18.2 Å². The van der Waals surface area contributed by atoms with Crippen molar-refractivity contribution in [1.29, 1.82) is 0 Å². The number of rotatable bonds is 4. The van der Waals surface area contributed by atoms with Gasteiger partial charge in [0, 0.05) is 12.4 Å². The van der Waals surface area contributed by atoms with Crippen molar-refractivity contribution >= 4 is 17.2 Å². The minimum absolute atomic E-state index is 0.182. The number of hydrogen-bond acceptors (Lipinski definition) is 4. The highest BCUT2D eigenvalue weighted by Crippen LogP contribution is 2.13. The van der Waals surface area contributed by atoms with E-state index in [9.17, 15) is 0 Å². The van der Waals surface area contributed by atoms with Crippen LogP contribution in [0.4, 0.5) is 0 Å². The first-order valence-corrected chi connectivity index (χ1v) is 5.46. The van der Waals surface area contributed by atoms with Crippen molar-refractivity contribution in [3.63, 3.8) is 0 Å². The summed E-state index contributed by atoms with van der Waals surface area (Å²) < 4.78 is 5.54. The third-order valence-electron chi connectivity index (χ3n) is 2.12. The van der Waals surface area contributed by atoms with Gasteiger partial charge in [-0.25, -0.2) is 9.97 Å². The van der Waals surface area contributed by atoms with E-state index in [1.54, 1.807) is 6.20 Å². The number of thiocarbonyl (C=S) groups is 1. The monoisotopic (exact) mass is 245 g/mol. The maximum absolute atomic E-state index is 5.54. The highest BCUT2D eigenvalue weighted by Gasteiger charge is 2.08. The minimum Gasteiger partial charge on any atom is -0.471 e. The summed E-state index contributed by atoms with van der Waals surface area (Å²) in [6.07, 6.45) is 3.08. The summed E-state index contributed by atoms with van der Waals surface area (Å²) in [6, 6.07) is 9.79. The highest BCUT2D eigenvalue weighted by atomic mass is 32.1. The zero-order valence-electron chi connectivity index (χ0n) is 9.04. The van der Waals surface area contributed by atoms with Gasteiger partial charge >= 0.3 is 0 Å². The number of hydrogen-bond donors (Lipinski definition) is 1. The molecule has 0 saturated carbocycles. The Hall–Kier alpha value is -2.01. The molecule has 0 unspecified atom stereocenters. The number of nitrogens with zero attached hydrogens (tertiary/aromatic N) is 2. The van der Waals surface area contributed by atoms with Gasteiger partial charge in [-0.15, -0.1) is 0 Å². The third kappa shape index (κ3) is 2.98. The molecule has 0 bridgehead atoms. The molecule has 1 aromatic carbocycles. The zero-order valence-corrected chi connectivity index (χ0v) is 9.85. The van der Waals surface area contributed by atoms with Gasteiger partial charge in [0.05, 0.1) is 0 Å². The fourth-order valence-corrected chi connectivity index (χ4v) is 1.47. The molecule has 2 aromatic rings. The molecule has 0 atom stereocenters. The second-order valence-electron chi connectivity index (χ2n) is 3.35. The zero-order chi connectivity index (χ0) is 12.1. The first-order valence-electron chi connectivity index (χ1n) is 5.05. The van der Waals surface area contributed by atoms with Gasteiger partial charge in [0.25, 0.3) is 0 Å². The molecule has 0 aliphatic carbocycles. The van der Waals surface area contributed by atoms with E-state index in [1.807, 2.05) is 30.3 Å². The average molecular weight is 245 g/mol.